The Hall–Kier alpha value is -2.32. The molecule has 1 aromatic carbocycles. The molecule has 0 saturated carbocycles. The van der Waals surface area contributed by atoms with Crippen molar-refractivity contribution < 1.29 is 13.2 Å². The summed E-state index contributed by atoms with van der Waals surface area (Å²) in [5, 5.41) is 0. The van der Waals surface area contributed by atoms with Crippen molar-refractivity contribution in [2.24, 2.45) is 0 Å². The van der Waals surface area contributed by atoms with Crippen LogP contribution in [0.5, 0.6) is 5.75 Å². The summed E-state index contributed by atoms with van der Waals surface area (Å²) in [7, 11) is 2.80. The summed E-state index contributed by atoms with van der Waals surface area (Å²) in [6.45, 7) is 0. The Balaban J connectivity index is 2.23. The van der Waals surface area contributed by atoms with E-state index >= 15 is 0 Å². The number of rotatable bonds is 3. The second-order valence-corrected chi connectivity index (χ2v) is 6.98. The highest BCUT2D eigenvalue weighted by atomic mass is 35.7. The Bertz CT molecular complexity index is 1020. The lowest BCUT2D eigenvalue weighted by molar-refractivity contribution is 0.403. The second kappa shape index (κ2) is 5.15. The SMILES string of the molecule is COc1ccc(-c2cn3c(=O)[nH]ccc3n2)cc1S(=O)(=O)Cl. The minimum Gasteiger partial charge on any atom is -0.495 e. The third-order valence-corrected chi connectivity index (χ3v) is 4.46. The molecule has 3 aromatic rings. The number of hydrogen-bond acceptors (Lipinski definition) is 5. The van der Waals surface area contributed by atoms with Crippen molar-refractivity contribution in [3.05, 3.63) is 47.1 Å². The summed E-state index contributed by atoms with van der Waals surface area (Å²) < 4.78 is 29.6. The second-order valence-electron chi connectivity index (χ2n) is 4.44. The quantitative estimate of drug-likeness (QED) is 0.732. The van der Waals surface area contributed by atoms with Gasteiger partial charge >= 0.3 is 5.69 Å². The lowest BCUT2D eigenvalue weighted by Crippen LogP contribution is -2.13. The van der Waals surface area contributed by atoms with Crippen LogP contribution in [0.25, 0.3) is 16.9 Å². The van der Waals surface area contributed by atoms with Gasteiger partial charge in [0.15, 0.2) is 0 Å². The van der Waals surface area contributed by atoms with Gasteiger partial charge in [0.1, 0.15) is 16.3 Å². The van der Waals surface area contributed by atoms with E-state index in [9.17, 15) is 13.2 Å². The number of imidazole rings is 1. The van der Waals surface area contributed by atoms with Gasteiger partial charge in [-0.15, -0.1) is 0 Å². The number of aromatic amines is 1. The third kappa shape index (κ3) is 2.46. The number of aromatic nitrogens is 3. The van der Waals surface area contributed by atoms with Gasteiger partial charge in [0.25, 0.3) is 9.05 Å². The van der Waals surface area contributed by atoms with Crippen LogP contribution in [0.15, 0.2) is 46.3 Å². The van der Waals surface area contributed by atoms with Crippen LogP contribution in [0.2, 0.25) is 0 Å². The molecule has 0 radical (unpaired) electrons. The summed E-state index contributed by atoms with van der Waals surface area (Å²) in [6, 6.07) is 6.12. The Morgan fingerprint density at radius 3 is 2.73 bits per heavy atom. The van der Waals surface area contributed by atoms with Gasteiger partial charge in [0, 0.05) is 28.6 Å². The number of benzene rings is 1. The molecule has 114 valence electrons. The molecule has 0 unspecified atom stereocenters. The van der Waals surface area contributed by atoms with Crippen LogP contribution in [0.4, 0.5) is 0 Å². The molecule has 0 aliphatic heterocycles. The van der Waals surface area contributed by atoms with Gasteiger partial charge in [0.2, 0.25) is 0 Å². The fourth-order valence-corrected chi connectivity index (χ4v) is 3.12. The molecule has 7 nitrogen and oxygen atoms in total. The minimum atomic E-state index is -3.97. The zero-order valence-electron chi connectivity index (χ0n) is 11.3. The van der Waals surface area contributed by atoms with Crippen LogP contribution in [0.1, 0.15) is 0 Å². The fourth-order valence-electron chi connectivity index (χ4n) is 2.10. The van der Waals surface area contributed by atoms with E-state index in [0.29, 0.717) is 16.9 Å². The van der Waals surface area contributed by atoms with E-state index in [2.05, 4.69) is 9.97 Å². The predicted molar refractivity (Wildman–Crippen MR) is 80.8 cm³/mol. The molecule has 0 amide bonds. The largest absolute Gasteiger partial charge is 0.495 e. The maximum absolute atomic E-state index is 11.7. The summed E-state index contributed by atoms with van der Waals surface area (Å²) >= 11 is 0. The molecule has 0 atom stereocenters. The smallest absolute Gasteiger partial charge is 0.331 e. The minimum absolute atomic E-state index is 0.139. The molecule has 0 saturated heterocycles. The molecule has 0 spiro atoms. The highest BCUT2D eigenvalue weighted by Crippen LogP contribution is 2.31. The van der Waals surface area contributed by atoms with E-state index < -0.39 is 9.05 Å². The lowest BCUT2D eigenvalue weighted by Gasteiger charge is -2.06. The Labute approximate surface area is 129 Å². The van der Waals surface area contributed by atoms with Crippen LogP contribution >= 0.6 is 10.7 Å². The molecule has 0 aliphatic rings. The highest BCUT2D eigenvalue weighted by molar-refractivity contribution is 8.13. The number of hydrogen-bond donors (Lipinski definition) is 1. The average Bonchev–Trinajstić information content (AvgIpc) is 2.91. The average molecular weight is 340 g/mol. The van der Waals surface area contributed by atoms with Gasteiger partial charge in [-0.2, -0.15) is 0 Å². The Morgan fingerprint density at radius 1 is 1.32 bits per heavy atom. The maximum Gasteiger partial charge on any atom is 0.331 e. The van der Waals surface area contributed by atoms with E-state index in [0.717, 1.165) is 0 Å². The summed E-state index contributed by atoms with van der Waals surface area (Å²) in [6.07, 6.45) is 3.00. The molecule has 2 heterocycles. The normalized spacial score (nSPS) is 11.7. The van der Waals surface area contributed by atoms with Crippen molar-refractivity contribution in [1.29, 1.82) is 0 Å². The Morgan fingerprint density at radius 2 is 2.09 bits per heavy atom. The molecular weight excluding hydrogens is 330 g/mol. The van der Waals surface area contributed by atoms with Gasteiger partial charge in [0.05, 0.1) is 12.8 Å². The maximum atomic E-state index is 11.7. The Kier molecular flexibility index (Phi) is 3.42. The van der Waals surface area contributed by atoms with Gasteiger partial charge in [-0.1, -0.05) is 0 Å². The first-order valence-electron chi connectivity index (χ1n) is 6.10. The first kappa shape index (κ1) is 14.6. The number of nitrogens with zero attached hydrogens (tertiary/aromatic N) is 2. The van der Waals surface area contributed by atoms with Gasteiger partial charge in [-0.3, -0.25) is 4.40 Å². The van der Waals surface area contributed by atoms with Crippen molar-refractivity contribution >= 4 is 25.4 Å². The van der Waals surface area contributed by atoms with Gasteiger partial charge < -0.3 is 9.72 Å². The van der Waals surface area contributed by atoms with Crippen molar-refractivity contribution in [2.45, 2.75) is 4.90 Å². The summed E-state index contributed by atoms with van der Waals surface area (Å²) in [4.78, 5) is 18.3. The van der Waals surface area contributed by atoms with Crippen LogP contribution in [-0.2, 0) is 9.05 Å². The summed E-state index contributed by atoms with van der Waals surface area (Å²) in [5.74, 6) is 0.139. The fraction of sp³-hybridized carbons (Fsp3) is 0.0769. The molecule has 22 heavy (non-hydrogen) atoms. The third-order valence-electron chi connectivity index (χ3n) is 3.11. The van der Waals surface area contributed by atoms with Crippen LogP contribution in [0.3, 0.4) is 0 Å². The number of nitrogens with one attached hydrogen (secondary N) is 1. The van der Waals surface area contributed by atoms with Crippen LogP contribution in [0, 0.1) is 0 Å². The number of H-pyrrole nitrogens is 1. The molecule has 1 N–H and O–H groups in total. The first-order chi connectivity index (χ1) is 10.4. The zero-order valence-corrected chi connectivity index (χ0v) is 12.9. The molecular formula is C13H10ClN3O4S. The summed E-state index contributed by atoms with van der Waals surface area (Å²) in [5.41, 5.74) is 1.06. The van der Waals surface area contributed by atoms with Crippen molar-refractivity contribution in [3.8, 4) is 17.0 Å². The van der Waals surface area contributed by atoms with Crippen LogP contribution in [-0.4, -0.2) is 29.9 Å². The number of halogens is 1. The topological polar surface area (TPSA) is 93.5 Å². The molecule has 9 heteroatoms. The van der Waals surface area contributed by atoms with Crippen molar-refractivity contribution in [2.75, 3.05) is 7.11 Å². The standard InChI is InChI=1S/C13H10ClN3O4S/c1-21-10-3-2-8(6-11(10)22(14,19)20)9-7-17-12(16-9)4-5-15-13(17)18/h2-7H,1H3,(H,15,18). The molecule has 0 aliphatic carbocycles. The molecule has 0 bridgehead atoms. The van der Waals surface area contributed by atoms with E-state index in [-0.39, 0.29) is 16.3 Å². The highest BCUT2D eigenvalue weighted by Gasteiger charge is 2.18. The van der Waals surface area contributed by atoms with Crippen LogP contribution < -0.4 is 10.4 Å². The first-order valence-corrected chi connectivity index (χ1v) is 8.41. The number of ether oxygens (including phenoxy) is 1. The van der Waals surface area contributed by atoms with E-state index in [4.69, 9.17) is 15.4 Å². The van der Waals surface area contributed by atoms with Gasteiger partial charge in [-0.25, -0.2) is 18.2 Å². The predicted octanol–water partition coefficient (Wildman–Crippen LogP) is 1.63. The number of methoxy groups -OCH3 is 1. The number of fused-ring (bicyclic) bond motifs is 1. The lowest BCUT2D eigenvalue weighted by atomic mass is 10.1. The van der Waals surface area contributed by atoms with E-state index in [1.54, 1.807) is 12.1 Å². The van der Waals surface area contributed by atoms with E-state index in [1.165, 1.54) is 36.0 Å². The van der Waals surface area contributed by atoms with Crippen molar-refractivity contribution in [1.82, 2.24) is 14.4 Å². The van der Waals surface area contributed by atoms with E-state index in [1.807, 2.05) is 0 Å². The van der Waals surface area contributed by atoms with Crippen molar-refractivity contribution in [3.63, 3.8) is 0 Å². The molecule has 2 aromatic heterocycles. The molecule has 0 fully saturated rings. The van der Waals surface area contributed by atoms with Gasteiger partial charge in [-0.05, 0) is 24.3 Å². The zero-order chi connectivity index (χ0) is 15.9. The monoisotopic (exact) mass is 339 g/mol. The molecule has 3 rings (SSSR count).